The van der Waals surface area contributed by atoms with Gasteiger partial charge in [0.15, 0.2) is 0 Å². The van der Waals surface area contributed by atoms with Gasteiger partial charge in [0.1, 0.15) is 5.75 Å². The highest BCUT2D eigenvalue weighted by Gasteiger charge is 2.13. The summed E-state index contributed by atoms with van der Waals surface area (Å²) >= 11 is 11.8. The summed E-state index contributed by atoms with van der Waals surface area (Å²) in [5.74, 6) is -0.226. The summed E-state index contributed by atoms with van der Waals surface area (Å²) in [7, 11) is 1.70. The lowest BCUT2D eigenvalue weighted by Crippen LogP contribution is -2.24. The number of halogens is 2. The molecule has 0 atom stereocenters. The van der Waals surface area contributed by atoms with Crippen molar-refractivity contribution in [2.45, 2.75) is 13.0 Å². The number of hydrogen-bond donors (Lipinski definition) is 0. The van der Waals surface area contributed by atoms with E-state index in [0.29, 0.717) is 5.02 Å². The number of hydrogen-bond acceptors (Lipinski definition) is 3. The van der Waals surface area contributed by atoms with Crippen LogP contribution in [0, 0.1) is 0 Å². The zero-order valence-corrected chi connectivity index (χ0v) is 14.3. The number of imidazole rings is 1. The van der Waals surface area contributed by atoms with Gasteiger partial charge in [0.05, 0.1) is 22.5 Å². The molecule has 3 rings (SSSR count). The van der Waals surface area contributed by atoms with E-state index in [4.69, 9.17) is 27.9 Å². The van der Waals surface area contributed by atoms with Crippen molar-refractivity contribution in [3.63, 3.8) is 0 Å². The van der Waals surface area contributed by atoms with Crippen LogP contribution >= 0.6 is 23.2 Å². The largest absolute Gasteiger partial charge is 0.425 e. The molecule has 0 radical (unpaired) electrons. The lowest BCUT2D eigenvalue weighted by Gasteiger charge is -2.07. The average molecular weight is 365 g/mol. The van der Waals surface area contributed by atoms with Gasteiger partial charge in [-0.25, -0.2) is 4.79 Å². The third kappa shape index (κ3) is 3.18. The van der Waals surface area contributed by atoms with Crippen molar-refractivity contribution in [1.82, 2.24) is 9.13 Å². The Labute approximate surface area is 148 Å². The van der Waals surface area contributed by atoms with E-state index in [0.717, 1.165) is 11.0 Å². The predicted octanol–water partition coefficient (Wildman–Crippen LogP) is 3.64. The fraction of sp³-hybridized carbons (Fsp3) is 0.176. The van der Waals surface area contributed by atoms with Gasteiger partial charge in [-0.1, -0.05) is 35.3 Å². The van der Waals surface area contributed by atoms with Crippen LogP contribution in [0.3, 0.4) is 0 Å². The van der Waals surface area contributed by atoms with Crippen LogP contribution in [0.15, 0.2) is 47.3 Å². The topological polar surface area (TPSA) is 53.2 Å². The minimum atomic E-state index is -0.473. The fourth-order valence-electron chi connectivity index (χ4n) is 2.51. The maximum Gasteiger partial charge on any atom is 0.328 e. The van der Waals surface area contributed by atoms with Gasteiger partial charge in [-0.15, -0.1) is 0 Å². The molecule has 0 unspecified atom stereocenters. The van der Waals surface area contributed by atoms with Crippen molar-refractivity contribution in [2.24, 2.45) is 7.05 Å². The number of carbonyl (C=O) groups is 1. The molecule has 1 aromatic heterocycles. The summed E-state index contributed by atoms with van der Waals surface area (Å²) in [5.41, 5.74) is 1.42. The van der Waals surface area contributed by atoms with Gasteiger partial charge in [-0.05, 0) is 30.3 Å². The second-order valence-electron chi connectivity index (χ2n) is 5.28. The minimum absolute atomic E-state index is 0.0485. The Bertz CT molecular complexity index is 976. The Morgan fingerprint density at radius 2 is 1.83 bits per heavy atom. The summed E-state index contributed by atoms with van der Waals surface area (Å²) in [6.45, 7) is 0.226. The van der Waals surface area contributed by atoms with Crippen LogP contribution in [0.2, 0.25) is 10.0 Å². The van der Waals surface area contributed by atoms with E-state index >= 15 is 0 Å². The number of para-hydroxylation sites is 2. The van der Waals surface area contributed by atoms with E-state index in [2.05, 4.69) is 0 Å². The van der Waals surface area contributed by atoms with Crippen molar-refractivity contribution in [3.05, 3.63) is 63.0 Å². The smallest absolute Gasteiger partial charge is 0.328 e. The molecule has 2 aromatic carbocycles. The number of carbonyl (C=O) groups excluding carboxylic acids is 1. The first-order valence-corrected chi connectivity index (χ1v) is 8.03. The van der Waals surface area contributed by atoms with Crippen LogP contribution in [0.25, 0.3) is 11.0 Å². The molecule has 0 amide bonds. The van der Waals surface area contributed by atoms with Crippen molar-refractivity contribution in [3.8, 4) is 5.75 Å². The van der Waals surface area contributed by atoms with Crippen LogP contribution in [0.1, 0.15) is 6.42 Å². The van der Waals surface area contributed by atoms with Gasteiger partial charge in [0.25, 0.3) is 0 Å². The zero-order chi connectivity index (χ0) is 17.3. The van der Waals surface area contributed by atoms with Crippen molar-refractivity contribution < 1.29 is 9.53 Å². The van der Waals surface area contributed by atoms with E-state index in [1.54, 1.807) is 22.2 Å². The molecule has 124 valence electrons. The number of aryl methyl sites for hydroxylation is 2. The monoisotopic (exact) mass is 364 g/mol. The van der Waals surface area contributed by atoms with Gasteiger partial charge in [-0.2, -0.15) is 0 Å². The Hall–Kier alpha value is -2.24. The Morgan fingerprint density at radius 1 is 1.12 bits per heavy atom. The zero-order valence-electron chi connectivity index (χ0n) is 12.8. The van der Waals surface area contributed by atoms with Gasteiger partial charge in [0.2, 0.25) is 0 Å². The number of ether oxygens (including phenoxy) is 1. The maximum absolute atomic E-state index is 12.3. The molecule has 0 saturated heterocycles. The molecule has 0 spiro atoms. The third-order valence-corrected chi connectivity index (χ3v) is 4.24. The van der Waals surface area contributed by atoms with Gasteiger partial charge < -0.3 is 4.74 Å². The first kappa shape index (κ1) is 16.6. The molecule has 0 N–H and O–H groups in total. The normalized spacial score (nSPS) is 11.0. The van der Waals surface area contributed by atoms with Gasteiger partial charge >= 0.3 is 11.7 Å². The van der Waals surface area contributed by atoms with E-state index in [-0.39, 0.29) is 29.4 Å². The van der Waals surface area contributed by atoms with Crippen LogP contribution in [-0.4, -0.2) is 15.1 Å². The highest BCUT2D eigenvalue weighted by Crippen LogP contribution is 2.27. The lowest BCUT2D eigenvalue weighted by atomic mass is 10.3. The molecule has 0 aliphatic rings. The molecule has 0 aliphatic heterocycles. The number of aromatic nitrogens is 2. The summed E-state index contributed by atoms with van der Waals surface area (Å²) < 4.78 is 8.34. The number of rotatable bonds is 4. The second kappa shape index (κ2) is 6.71. The summed E-state index contributed by atoms with van der Waals surface area (Å²) in [6, 6.07) is 12.0. The van der Waals surface area contributed by atoms with Crippen molar-refractivity contribution in [2.75, 3.05) is 0 Å². The van der Waals surface area contributed by atoms with E-state index in [1.807, 2.05) is 24.3 Å². The molecule has 0 fully saturated rings. The number of nitrogens with zero attached hydrogens (tertiary/aromatic N) is 2. The number of esters is 1. The Kier molecular flexibility index (Phi) is 4.64. The first-order chi connectivity index (χ1) is 11.5. The quantitative estimate of drug-likeness (QED) is 0.524. The molecule has 0 bridgehead atoms. The maximum atomic E-state index is 12.3. The lowest BCUT2D eigenvalue weighted by molar-refractivity contribution is -0.134. The standard InChI is InChI=1S/C17H14Cl2N2O3/c1-20-13-4-2-3-5-14(13)21(17(20)23)9-8-16(22)24-15-7-6-11(18)10-12(15)19/h2-7,10H,8-9H2,1H3. The molecule has 3 aromatic rings. The SMILES string of the molecule is Cn1c(=O)n(CCC(=O)Oc2ccc(Cl)cc2Cl)c2ccccc21. The molecule has 0 aliphatic carbocycles. The van der Waals surface area contributed by atoms with Crippen LogP contribution in [0.4, 0.5) is 0 Å². The highest BCUT2D eigenvalue weighted by molar-refractivity contribution is 6.35. The second-order valence-corrected chi connectivity index (χ2v) is 6.12. The Morgan fingerprint density at radius 3 is 2.54 bits per heavy atom. The third-order valence-electron chi connectivity index (χ3n) is 3.71. The molecular formula is C17H14Cl2N2O3. The molecule has 24 heavy (non-hydrogen) atoms. The fourth-order valence-corrected chi connectivity index (χ4v) is 2.96. The van der Waals surface area contributed by atoms with Crippen LogP contribution in [-0.2, 0) is 18.4 Å². The van der Waals surface area contributed by atoms with Gasteiger partial charge in [-0.3, -0.25) is 13.9 Å². The minimum Gasteiger partial charge on any atom is -0.425 e. The van der Waals surface area contributed by atoms with Crippen LogP contribution < -0.4 is 10.4 Å². The molecule has 1 heterocycles. The van der Waals surface area contributed by atoms with Gasteiger partial charge in [0, 0.05) is 18.6 Å². The van der Waals surface area contributed by atoms with E-state index in [9.17, 15) is 9.59 Å². The highest BCUT2D eigenvalue weighted by atomic mass is 35.5. The van der Waals surface area contributed by atoms with Crippen molar-refractivity contribution >= 4 is 40.2 Å². The summed E-state index contributed by atoms with van der Waals surface area (Å²) in [4.78, 5) is 24.3. The molecule has 0 saturated carbocycles. The van der Waals surface area contributed by atoms with Crippen LogP contribution in [0.5, 0.6) is 5.75 Å². The summed E-state index contributed by atoms with van der Waals surface area (Å²) in [6.07, 6.45) is 0.0485. The average Bonchev–Trinajstić information content (AvgIpc) is 2.80. The van der Waals surface area contributed by atoms with E-state index in [1.165, 1.54) is 12.1 Å². The van der Waals surface area contributed by atoms with E-state index < -0.39 is 5.97 Å². The first-order valence-electron chi connectivity index (χ1n) is 7.27. The summed E-state index contributed by atoms with van der Waals surface area (Å²) in [5, 5.41) is 0.722. The molecular weight excluding hydrogens is 351 g/mol. The number of fused-ring (bicyclic) bond motifs is 1. The predicted molar refractivity (Wildman–Crippen MR) is 93.9 cm³/mol. The molecule has 5 nitrogen and oxygen atoms in total. The number of benzene rings is 2. The Balaban J connectivity index is 1.75. The molecule has 7 heteroatoms. The van der Waals surface area contributed by atoms with Crippen molar-refractivity contribution in [1.29, 1.82) is 0 Å².